The quantitative estimate of drug-likeness (QED) is 0.717. The predicted octanol–water partition coefficient (Wildman–Crippen LogP) is 2.99. The summed E-state index contributed by atoms with van der Waals surface area (Å²) in [6, 6.07) is 9.59. The van der Waals surface area contributed by atoms with Crippen LogP contribution in [0.25, 0.3) is 10.9 Å². The van der Waals surface area contributed by atoms with Crippen LogP contribution in [-0.4, -0.2) is 38.6 Å². The van der Waals surface area contributed by atoms with Gasteiger partial charge in [0.25, 0.3) is 10.0 Å². The van der Waals surface area contributed by atoms with Crippen LogP contribution in [0.1, 0.15) is 0 Å². The second-order valence-corrected chi connectivity index (χ2v) is 7.92. The zero-order valence-electron chi connectivity index (χ0n) is 14.2. The van der Waals surface area contributed by atoms with Gasteiger partial charge in [-0.1, -0.05) is 6.07 Å². The monoisotopic (exact) mass is 413 g/mol. The van der Waals surface area contributed by atoms with E-state index in [0.29, 0.717) is 11.6 Å². The second kappa shape index (κ2) is 7.46. The molecule has 0 radical (unpaired) electrons. The summed E-state index contributed by atoms with van der Waals surface area (Å²) in [5, 5.41) is 4.06. The smallest absolute Gasteiger partial charge is 0.271 e. The van der Waals surface area contributed by atoms with Crippen LogP contribution in [0.4, 0.5) is 14.5 Å². The molecule has 0 spiro atoms. The van der Waals surface area contributed by atoms with Gasteiger partial charge in [-0.3, -0.25) is 0 Å². The molecule has 9 heteroatoms. The maximum atomic E-state index is 14.1. The number of piperazine rings is 1. The van der Waals surface area contributed by atoms with Crippen LogP contribution in [0.3, 0.4) is 0 Å². The fourth-order valence-corrected chi connectivity index (χ4v) is 4.70. The number of rotatable bonds is 3. The minimum Gasteiger partial charge on any atom is -0.368 e. The highest BCUT2D eigenvalue weighted by molar-refractivity contribution is 7.90. The van der Waals surface area contributed by atoms with E-state index >= 15 is 0 Å². The molecule has 1 N–H and O–H groups in total. The van der Waals surface area contributed by atoms with Crippen molar-refractivity contribution in [1.82, 2.24) is 9.29 Å². The minimum absolute atomic E-state index is 0. The average Bonchev–Trinajstić information content (AvgIpc) is 3.07. The highest BCUT2D eigenvalue weighted by Gasteiger charge is 2.24. The Kier molecular flexibility index (Phi) is 5.41. The van der Waals surface area contributed by atoms with Crippen molar-refractivity contribution in [3.63, 3.8) is 0 Å². The predicted molar refractivity (Wildman–Crippen MR) is 103 cm³/mol. The number of aromatic nitrogens is 1. The molecule has 1 fully saturated rings. The van der Waals surface area contributed by atoms with Crippen molar-refractivity contribution >= 4 is 39.0 Å². The number of benzene rings is 2. The third-order valence-electron chi connectivity index (χ3n) is 4.56. The van der Waals surface area contributed by atoms with Gasteiger partial charge in [-0.15, -0.1) is 12.4 Å². The Hall–Kier alpha value is -2.16. The summed E-state index contributed by atoms with van der Waals surface area (Å²) in [5.74, 6) is -1.93. The number of fused-ring (bicyclic) bond motifs is 1. The van der Waals surface area contributed by atoms with Crippen molar-refractivity contribution in [1.29, 1.82) is 0 Å². The third-order valence-corrected chi connectivity index (χ3v) is 6.29. The summed E-state index contributed by atoms with van der Waals surface area (Å²) in [6.45, 7) is 3.36. The molecule has 0 unspecified atom stereocenters. The lowest BCUT2D eigenvalue weighted by Gasteiger charge is -2.30. The first kappa shape index (κ1) is 19.6. The van der Waals surface area contributed by atoms with E-state index in [1.165, 1.54) is 6.20 Å². The van der Waals surface area contributed by atoms with Crippen LogP contribution in [0.5, 0.6) is 0 Å². The zero-order chi connectivity index (χ0) is 18.3. The molecule has 5 nitrogen and oxygen atoms in total. The zero-order valence-corrected chi connectivity index (χ0v) is 15.9. The molecule has 3 aromatic rings. The Balaban J connectivity index is 0.00000210. The van der Waals surface area contributed by atoms with E-state index in [1.807, 2.05) is 6.07 Å². The van der Waals surface area contributed by atoms with Crippen LogP contribution < -0.4 is 10.2 Å². The van der Waals surface area contributed by atoms with Gasteiger partial charge in [0.05, 0.1) is 5.52 Å². The topological polar surface area (TPSA) is 54.3 Å². The summed E-state index contributed by atoms with van der Waals surface area (Å²) < 4.78 is 54.1. The molecule has 0 saturated carbocycles. The van der Waals surface area contributed by atoms with E-state index < -0.39 is 26.6 Å². The first-order chi connectivity index (χ1) is 12.5. The van der Waals surface area contributed by atoms with Gasteiger partial charge in [0, 0.05) is 49.5 Å². The summed E-state index contributed by atoms with van der Waals surface area (Å²) in [4.78, 5) is 1.64. The Morgan fingerprint density at radius 3 is 2.44 bits per heavy atom. The molecule has 0 aliphatic carbocycles. The van der Waals surface area contributed by atoms with Crippen LogP contribution in [0.15, 0.2) is 53.6 Å². The van der Waals surface area contributed by atoms with E-state index in [0.717, 1.165) is 53.4 Å². The Labute approximate surface area is 162 Å². The van der Waals surface area contributed by atoms with Crippen LogP contribution in [-0.2, 0) is 10.0 Å². The average molecular weight is 414 g/mol. The largest absolute Gasteiger partial charge is 0.368 e. The van der Waals surface area contributed by atoms with Crippen LogP contribution in [0.2, 0.25) is 0 Å². The molecule has 0 amide bonds. The molecule has 1 aromatic heterocycles. The van der Waals surface area contributed by atoms with Crippen molar-refractivity contribution < 1.29 is 17.2 Å². The van der Waals surface area contributed by atoms with Gasteiger partial charge in [0.1, 0.15) is 16.5 Å². The number of nitrogens with zero attached hydrogens (tertiary/aromatic N) is 2. The highest BCUT2D eigenvalue weighted by atomic mass is 35.5. The molecule has 1 aliphatic rings. The van der Waals surface area contributed by atoms with Gasteiger partial charge >= 0.3 is 0 Å². The summed E-state index contributed by atoms with van der Waals surface area (Å²) in [7, 11) is -4.17. The van der Waals surface area contributed by atoms with Crippen molar-refractivity contribution in [3.05, 3.63) is 60.3 Å². The molecular formula is C18H18ClF2N3O2S. The highest BCUT2D eigenvalue weighted by Crippen LogP contribution is 2.31. The van der Waals surface area contributed by atoms with Gasteiger partial charge in [0.2, 0.25) is 0 Å². The van der Waals surface area contributed by atoms with Gasteiger partial charge < -0.3 is 10.2 Å². The Bertz CT molecular complexity index is 1080. The van der Waals surface area contributed by atoms with Gasteiger partial charge in [-0.25, -0.2) is 21.2 Å². The molecule has 1 saturated heterocycles. The fraction of sp³-hybridized carbons (Fsp3) is 0.222. The van der Waals surface area contributed by atoms with E-state index in [2.05, 4.69) is 10.2 Å². The van der Waals surface area contributed by atoms with Gasteiger partial charge in [-0.2, -0.15) is 0 Å². The fourth-order valence-electron chi connectivity index (χ4n) is 3.31. The lowest BCUT2D eigenvalue weighted by Crippen LogP contribution is -2.43. The molecule has 144 valence electrons. The van der Waals surface area contributed by atoms with E-state index in [1.54, 1.807) is 18.2 Å². The van der Waals surface area contributed by atoms with E-state index in [9.17, 15) is 17.2 Å². The molecular weight excluding hydrogens is 396 g/mol. The number of hydrogen-bond acceptors (Lipinski definition) is 4. The number of halogens is 3. The number of anilines is 1. The number of nitrogens with one attached hydrogen (secondary N) is 1. The van der Waals surface area contributed by atoms with Crippen molar-refractivity contribution in [3.8, 4) is 0 Å². The molecule has 0 bridgehead atoms. The van der Waals surface area contributed by atoms with Crippen LogP contribution >= 0.6 is 12.4 Å². The maximum Gasteiger partial charge on any atom is 0.271 e. The van der Waals surface area contributed by atoms with Gasteiger partial charge in [0.15, 0.2) is 0 Å². The van der Waals surface area contributed by atoms with Gasteiger partial charge in [-0.05, 0) is 30.3 Å². The number of hydrogen-bond donors (Lipinski definition) is 1. The maximum absolute atomic E-state index is 14.1. The van der Waals surface area contributed by atoms with Crippen molar-refractivity contribution in [2.45, 2.75) is 4.90 Å². The summed E-state index contributed by atoms with van der Waals surface area (Å²) in [6.07, 6.45) is 1.41. The Morgan fingerprint density at radius 1 is 1.00 bits per heavy atom. The second-order valence-electron chi connectivity index (χ2n) is 6.14. The molecule has 2 heterocycles. The third kappa shape index (κ3) is 3.40. The van der Waals surface area contributed by atoms with E-state index in [4.69, 9.17) is 0 Å². The lowest BCUT2D eigenvalue weighted by atomic mass is 10.2. The first-order valence-corrected chi connectivity index (χ1v) is 9.69. The molecule has 2 aromatic carbocycles. The van der Waals surface area contributed by atoms with Crippen LogP contribution in [0, 0.1) is 11.6 Å². The minimum atomic E-state index is -4.17. The standard InChI is InChI=1S/C18H17F2N3O2S.ClH/c19-13-4-5-18(15(20)12-13)26(24,25)23-9-6-14-16(2-1-3-17(14)23)22-10-7-21-8-11-22;/h1-6,9,12,21H,7-8,10-11H2;1H. The SMILES string of the molecule is Cl.O=S(=O)(c1ccc(F)cc1F)n1ccc2c(N3CCNCC3)cccc21. The van der Waals surface area contributed by atoms with Crippen molar-refractivity contribution in [2.24, 2.45) is 0 Å². The molecule has 27 heavy (non-hydrogen) atoms. The molecule has 1 aliphatic heterocycles. The lowest BCUT2D eigenvalue weighted by molar-refractivity contribution is 0.546. The van der Waals surface area contributed by atoms with E-state index in [-0.39, 0.29) is 12.4 Å². The summed E-state index contributed by atoms with van der Waals surface area (Å²) >= 11 is 0. The normalized spacial score (nSPS) is 15.0. The molecule has 4 rings (SSSR count). The Morgan fingerprint density at radius 2 is 1.74 bits per heavy atom. The molecule has 0 atom stereocenters. The first-order valence-electron chi connectivity index (χ1n) is 8.25. The van der Waals surface area contributed by atoms with Crippen molar-refractivity contribution in [2.75, 3.05) is 31.1 Å². The summed E-state index contributed by atoms with van der Waals surface area (Å²) in [5.41, 5.74) is 1.40.